The summed E-state index contributed by atoms with van der Waals surface area (Å²) in [6, 6.07) is 0. The van der Waals surface area contributed by atoms with Crippen LogP contribution in [-0.2, 0) is 27.9 Å². The molecule has 0 aromatic heterocycles. The van der Waals surface area contributed by atoms with Crippen LogP contribution in [0, 0.1) is 0 Å². The van der Waals surface area contributed by atoms with Crippen LogP contribution in [0.5, 0.6) is 0 Å². The zero-order chi connectivity index (χ0) is 41.6. The van der Waals surface area contributed by atoms with E-state index in [4.69, 9.17) is 24.3 Å². The van der Waals surface area contributed by atoms with Crippen molar-refractivity contribution >= 4 is 13.8 Å². The van der Waals surface area contributed by atoms with Crippen LogP contribution in [0.1, 0.15) is 239 Å². The smallest absolute Gasteiger partial charge is 0.457 e. The summed E-state index contributed by atoms with van der Waals surface area (Å²) < 4.78 is 33.5. The molecule has 0 aromatic carbocycles. The van der Waals surface area contributed by atoms with Gasteiger partial charge in [0.15, 0.2) is 0 Å². The van der Waals surface area contributed by atoms with Crippen LogP contribution in [0.3, 0.4) is 0 Å². The van der Waals surface area contributed by atoms with E-state index in [-0.39, 0.29) is 32.3 Å². The molecule has 338 valence electrons. The quantitative estimate of drug-likeness (QED) is 0.0270. The second-order valence-corrected chi connectivity index (χ2v) is 17.8. The fourth-order valence-corrected chi connectivity index (χ4v) is 7.75. The van der Waals surface area contributed by atoms with Gasteiger partial charge in [0.2, 0.25) is 0 Å². The molecular weight excluding hydrogens is 734 g/mol. The topological polar surface area (TPSA) is 117 Å². The number of nitrogens with two attached hydrogens (primary N) is 1. The highest BCUT2D eigenvalue weighted by molar-refractivity contribution is 7.47. The Balaban J connectivity index is 3.96. The van der Waals surface area contributed by atoms with Crippen LogP contribution in [0.4, 0.5) is 0 Å². The average molecular weight is 828 g/mol. The van der Waals surface area contributed by atoms with Crippen LogP contribution in [0.2, 0.25) is 0 Å². The van der Waals surface area contributed by atoms with Crippen molar-refractivity contribution in [1.82, 2.24) is 0 Å². The lowest BCUT2D eigenvalue weighted by Gasteiger charge is -2.20. The lowest BCUT2D eigenvalue weighted by molar-refractivity contribution is -0.154. The van der Waals surface area contributed by atoms with Crippen LogP contribution < -0.4 is 5.73 Å². The molecule has 0 rings (SSSR count). The third-order valence-corrected chi connectivity index (χ3v) is 11.6. The first-order chi connectivity index (χ1) is 27.9. The zero-order valence-corrected chi connectivity index (χ0v) is 38.5. The highest BCUT2D eigenvalue weighted by atomic mass is 31.2. The molecule has 0 aliphatic heterocycles. The third-order valence-electron chi connectivity index (χ3n) is 10.6. The maximum atomic E-state index is 12.6. The molecule has 0 bridgehead atoms. The van der Waals surface area contributed by atoms with E-state index in [2.05, 4.69) is 38.2 Å². The van der Waals surface area contributed by atoms with Gasteiger partial charge in [-0.3, -0.25) is 13.8 Å². The fraction of sp³-hybridized carbons (Fsp3) is 0.896. The van der Waals surface area contributed by atoms with Crippen LogP contribution in [-0.4, -0.2) is 49.9 Å². The number of carbonyl (C=O) groups is 1. The standard InChI is InChI=1S/C48H94NO7P/c1-3-5-7-9-11-13-15-17-19-21-23-24-26-28-30-32-34-36-38-40-43-53-45-47(46-55-57(51,52)54-44-42-49)56-48(50)41-39-37-35-33-31-29-27-25-22-20-18-16-14-12-10-8-6-4-2/h17,19-20,22,47H,3-16,18,21,23-46,49H2,1-2H3,(H,51,52)/b19-17-,22-20-. The number of allylic oxidation sites excluding steroid dienone is 4. The van der Waals surface area contributed by atoms with Crippen LogP contribution in [0.25, 0.3) is 0 Å². The van der Waals surface area contributed by atoms with Crippen molar-refractivity contribution in [2.75, 3.05) is 33.0 Å². The molecule has 57 heavy (non-hydrogen) atoms. The van der Waals surface area contributed by atoms with Crippen molar-refractivity contribution in [2.24, 2.45) is 5.73 Å². The summed E-state index contributed by atoms with van der Waals surface area (Å²) in [5.41, 5.74) is 5.38. The average Bonchev–Trinajstić information content (AvgIpc) is 3.20. The zero-order valence-electron chi connectivity index (χ0n) is 37.6. The van der Waals surface area contributed by atoms with E-state index in [1.807, 2.05) is 0 Å². The summed E-state index contributed by atoms with van der Waals surface area (Å²) in [6.07, 6.45) is 52.0. The van der Waals surface area contributed by atoms with Gasteiger partial charge in [0.25, 0.3) is 0 Å². The van der Waals surface area contributed by atoms with Gasteiger partial charge in [-0.2, -0.15) is 0 Å². The minimum atomic E-state index is -4.28. The lowest BCUT2D eigenvalue weighted by Crippen LogP contribution is -2.28. The number of hydrogen-bond donors (Lipinski definition) is 2. The number of hydrogen-bond acceptors (Lipinski definition) is 7. The number of ether oxygens (including phenoxy) is 2. The highest BCUT2D eigenvalue weighted by Crippen LogP contribution is 2.43. The third kappa shape index (κ3) is 45.9. The van der Waals surface area contributed by atoms with E-state index in [9.17, 15) is 14.3 Å². The monoisotopic (exact) mass is 828 g/mol. The first-order valence-electron chi connectivity index (χ1n) is 24.3. The molecule has 3 N–H and O–H groups in total. The predicted molar refractivity (Wildman–Crippen MR) is 243 cm³/mol. The Morgan fingerprint density at radius 2 is 0.877 bits per heavy atom. The first kappa shape index (κ1) is 56.0. The molecule has 0 saturated carbocycles. The Morgan fingerprint density at radius 3 is 1.28 bits per heavy atom. The number of esters is 1. The molecule has 2 unspecified atom stereocenters. The van der Waals surface area contributed by atoms with E-state index in [0.717, 1.165) is 32.1 Å². The van der Waals surface area contributed by atoms with Crippen molar-refractivity contribution < 1.29 is 32.8 Å². The Kier molecular flexibility index (Phi) is 45.2. The molecule has 0 aliphatic rings. The highest BCUT2D eigenvalue weighted by Gasteiger charge is 2.25. The van der Waals surface area contributed by atoms with Crippen molar-refractivity contribution in [3.8, 4) is 0 Å². The number of phosphoric acid groups is 1. The van der Waals surface area contributed by atoms with Gasteiger partial charge in [-0.15, -0.1) is 0 Å². The Bertz CT molecular complexity index is 930. The molecule has 0 spiro atoms. The number of rotatable bonds is 47. The molecule has 0 heterocycles. The van der Waals surface area contributed by atoms with Gasteiger partial charge in [-0.05, 0) is 64.2 Å². The molecule has 0 aliphatic carbocycles. The normalized spacial score (nSPS) is 13.5. The molecule has 2 atom stereocenters. The summed E-state index contributed by atoms with van der Waals surface area (Å²) in [6.45, 7) is 4.95. The Morgan fingerprint density at radius 1 is 0.509 bits per heavy atom. The second-order valence-electron chi connectivity index (χ2n) is 16.3. The van der Waals surface area contributed by atoms with Crippen molar-refractivity contribution in [2.45, 2.75) is 245 Å². The molecule has 0 amide bonds. The minimum Gasteiger partial charge on any atom is -0.457 e. The minimum absolute atomic E-state index is 0.0948. The van der Waals surface area contributed by atoms with Gasteiger partial charge >= 0.3 is 13.8 Å². The molecular formula is C48H94NO7P. The fourth-order valence-electron chi connectivity index (χ4n) is 6.99. The van der Waals surface area contributed by atoms with E-state index < -0.39 is 13.9 Å². The van der Waals surface area contributed by atoms with Crippen molar-refractivity contribution in [1.29, 1.82) is 0 Å². The van der Waals surface area contributed by atoms with E-state index in [1.165, 1.54) is 186 Å². The molecule has 8 nitrogen and oxygen atoms in total. The van der Waals surface area contributed by atoms with Crippen molar-refractivity contribution in [3.05, 3.63) is 24.3 Å². The maximum absolute atomic E-state index is 12.6. The van der Waals surface area contributed by atoms with Crippen molar-refractivity contribution in [3.63, 3.8) is 0 Å². The molecule has 9 heteroatoms. The lowest BCUT2D eigenvalue weighted by atomic mass is 10.1. The molecule has 0 saturated heterocycles. The molecule has 0 radical (unpaired) electrons. The molecule has 0 fully saturated rings. The van der Waals surface area contributed by atoms with E-state index in [1.54, 1.807) is 0 Å². The number of carbonyl (C=O) groups excluding carboxylic acids is 1. The van der Waals surface area contributed by atoms with E-state index in [0.29, 0.717) is 13.0 Å². The van der Waals surface area contributed by atoms with Gasteiger partial charge in [-0.25, -0.2) is 4.57 Å². The summed E-state index contributed by atoms with van der Waals surface area (Å²) in [5.74, 6) is -0.332. The second kappa shape index (κ2) is 46.1. The van der Waals surface area contributed by atoms with Crippen LogP contribution >= 0.6 is 7.82 Å². The summed E-state index contributed by atoms with van der Waals surface area (Å²) in [7, 11) is -4.28. The van der Waals surface area contributed by atoms with Gasteiger partial charge < -0.3 is 20.1 Å². The van der Waals surface area contributed by atoms with E-state index >= 15 is 0 Å². The number of phosphoric ester groups is 1. The summed E-state index contributed by atoms with van der Waals surface area (Å²) >= 11 is 0. The van der Waals surface area contributed by atoms with Gasteiger partial charge in [0, 0.05) is 19.6 Å². The van der Waals surface area contributed by atoms with Gasteiger partial charge in [0.05, 0.1) is 19.8 Å². The largest absolute Gasteiger partial charge is 0.472 e. The maximum Gasteiger partial charge on any atom is 0.472 e. The Hall–Kier alpha value is -1.02. The summed E-state index contributed by atoms with van der Waals surface area (Å²) in [5, 5.41) is 0. The SMILES string of the molecule is CCCCCCCC/C=C\CCCCCCCCCCCCOCC(COP(=O)(O)OCCN)OC(=O)CCCCCCCCC/C=C\CCCCCCCCC. The van der Waals surface area contributed by atoms with Crippen LogP contribution in [0.15, 0.2) is 24.3 Å². The summed E-state index contributed by atoms with van der Waals surface area (Å²) in [4.78, 5) is 22.5. The van der Waals surface area contributed by atoms with Gasteiger partial charge in [-0.1, -0.05) is 192 Å². The Labute approximate surface area is 353 Å². The molecule has 0 aromatic rings. The van der Waals surface area contributed by atoms with Gasteiger partial charge in [0.1, 0.15) is 6.10 Å². The predicted octanol–water partition coefficient (Wildman–Crippen LogP) is 14.8. The first-order valence-corrected chi connectivity index (χ1v) is 25.8. The number of unbranched alkanes of at least 4 members (excludes halogenated alkanes) is 30.